The van der Waals surface area contributed by atoms with Crippen LogP contribution in [-0.4, -0.2) is 66.5 Å². The van der Waals surface area contributed by atoms with Crippen LogP contribution in [0.2, 0.25) is 0 Å². The van der Waals surface area contributed by atoms with Crippen LogP contribution in [-0.2, 0) is 19.2 Å². The van der Waals surface area contributed by atoms with Crippen molar-refractivity contribution in [3.05, 3.63) is 35.5 Å². The Labute approximate surface area is 166 Å². The third-order valence-corrected chi connectivity index (χ3v) is 5.69. The van der Waals surface area contributed by atoms with Crippen molar-refractivity contribution in [2.45, 2.75) is 31.0 Å². The number of hydrogen-bond acceptors (Lipinski definition) is 8. The number of ether oxygens (including phenoxy) is 1. The number of nitrogens with zero attached hydrogens (tertiary/aromatic N) is 3. The molecule has 0 aliphatic carbocycles. The molecule has 3 aliphatic rings. The Morgan fingerprint density at radius 3 is 2.66 bits per heavy atom. The number of β-lactam (4-membered cyclic amide) rings is 1. The van der Waals surface area contributed by atoms with Crippen molar-refractivity contribution in [2.75, 3.05) is 18.1 Å². The number of benzene rings is 1. The molecule has 2 amide bonds. The quantitative estimate of drug-likeness (QED) is 0.401. The van der Waals surface area contributed by atoms with Gasteiger partial charge < -0.3 is 0 Å². The normalized spacial score (nSPS) is 26.8. The fourth-order valence-electron chi connectivity index (χ4n) is 4.09. The summed E-state index contributed by atoms with van der Waals surface area (Å²) in [6.45, 7) is 2.20. The van der Waals surface area contributed by atoms with E-state index in [-0.39, 0.29) is 12.1 Å². The molecule has 4 rings (SSSR count). The van der Waals surface area contributed by atoms with E-state index in [1.54, 1.807) is 24.3 Å². The molecule has 149 valence electrons. The first-order valence-corrected chi connectivity index (χ1v) is 9.00. The number of aliphatic hydroxyl groups is 1. The Balaban J connectivity index is 1.70. The van der Waals surface area contributed by atoms with Gasteiger partial charge in [-0.3, -0.25) is 0 Å². The van der Waals surface area contributed by atoms with Gasteiger partial charge in [0.1, 0.15) is 0 Å². The van der Waals surface area contributed by atoms with Gasteiger partial charge >= 0.3 is 166 Å². The molecule has 3 N–H and O–H groups in total. The Hall–Kier alpha value is -3.05. The molecule has 29 heavy (non-hydrogen) atoms. The van der Waals surface area contributed by atoms with Gasteiger partial charge in [0.2, 0.25) is 0 Å². The number of amides is 2. The van der Waals surface area contributed by atoms with Crippen molar-refractivity contribution in [1.82, 2.24) is 4.90 Å². The second-order valence-corrected chi connectivity index (χ2v) is 7.13. The average molecular weight is 397 g/mol. The van der Waals surface area contributed by atoms with Crippen molar-refractivity contribution < 1.29 is 29.1 Å². The SMILES string of the molecule is [B]=NOC(=O)C1=C(c2ccc(N3CCOC3=O)cc2)C[C@H]2N1C(=O)[C@]2(N)[C@@H](C)O. The van der Waals surface area contributed by atoms with Gasteiger partial charge in [0.15, 0.2) is 0 Å². The first-order chi connectivity index (χ1) is 13.8. The van der Waals surface area contributed by atoms with Gasteiger partial charge in [-0.15, -0.1) is 0 Å². The molecule has 1 radical (unpaired) electrons. The zero-order chi connectivity index (χ0) is 20.9. The van der Waals surface area contributed by atoms with E-state index in [4.69, 9.17) is 18.1 Å². The molecule has 0 spiro atoms. The molecule has 0 bridgehead atoms. The number of carbonyl (C=O) groups excluding carboxylic acids is 3. The summed E-state index contributed by atoms with van der Waals surface area (Å²) in [6.07, 6.45) is -1.28. The van der Waals surface area contributed by atoms with E-state index in [1.807, 2.05) is 0 Å². The first kappa shape index (κ1) is 19.3. The van der Waals surface area contributed by atoms with Gasteiger partial charge in [-0.1, -0.05) is 0 Å². The number of carbonyl (C=O) groups is 3. The van der Waals surface area contributed by atoms with Crippen LogP contribution in [0.15, 0.2) is 35.0 Å². The van der Waals surface area contributed by atoms with Crippen LogP contribution in [0.5, 0.6) is 0 Å². The van der Waals surface area contributed by atoms with Crippen LogP contribution in [0.4, 0.5) is 10.5 Å². The number of cyclic esters (lactones) is 1. The molecule has 11 heteroatoms. The fraction of sp³-hybridized carbons (Fsp3) is 0.389. The fourth-order valence-corrected chi connectivity index (χ4v) is 4.09. The minimum absolute atomic E-state index is 0.00995. The summed E-state index contributed by atoms with van der Waals surface area (Å²) in [5.74, 6) is -1.47. The van der Waals surface area contributed by atoms with Crippen molar-refractivity contribution in [2.24, 2.45) is 10.8 Å². The van der Waals surface area contributed by atoms with Gasteiger partial charge in [-0.05, 0) is 0 Å². The number of fused-ring (bicyclic) bond motifs is 1. The number of rotatable bonds is 5. The molecular weight excluding hydrogens is 379 g/mol. The van der Waals surface area contributed by atoms with Crippen molar-refractivity contribution in [1.29, 1.82) is 0 Å². The second kappa shape index (κ2) is 6.78. The van der Waals surface area contributed by atoms with E-state index >= 15 is 0 Å². The van der Waals surface area contributed by atoms with Crippen LogP contribution in [0.25, 0.3) is 5.57 Å². The van der Waals surface area contributed by atoms with Crippen molar-refractivity contribution >= 4 is 36.9 Å². The van der Waals surface area contributed by atoms with E-state index in [2.05, 4.69) is 9.90 Å². The summed E-state index contributed by atoms with van der Waals surface area (Å²) < 4.78 is 4.93. The van der Waals surface area contributed by atoms with Gasteiger partial charge in [-0.25, -0.2) is 0 Å². The van der Waals surface area contributed by atoms with Crippen LogP contribution in [0, 0.1) is 0 Å². The summed E-state index contributed by atoms with van der Waals surface area (Å²) >= 11 is 0. The van der Waals surface area contributed by atoms with Crippen LogP contribution < -0.4 is 10.6 Å². The number of anilines is 1. The van der Waals surface area contributed by atoms with Gasteiger partial charge in [-0.2, -0.15) is 0 Å². The number of aliphatic hydroxyl groups excluding tert-OH is 1. The first-order valence-electron chi connectivity index (χ1n) is 9.00. The Morgan fingerprint density at radius 1 is 1.41 bits per heavy atom. The predicted octanol–water partition coefficient (Wildman–Crippen LogP) is -0.143. The minimum atomic E-state index is -1.49. The van der Waals surface area contributed by atoms with Crippen molar-refractivity contribution in [3.63, 3.8) is 0 Å². The van der Waals surface area contributed by atoms with E-state index in [1.165, 1.54) is 16.7 Å². The third kappa shape index (κ3) is 2.69. The van der Waals surface area contributed by atoms with Crippen LogP contribution >= 0.6 is 0 Å². The molecule has 10 nitrogen and oxygen atoms in total. The molecule has 3 aliphatic heterocycles. The molecule has 1 aromatic rings. The van der Waals surface area contributed by atoms with Gasteiger partial charge in [0.25, 0.3) is 0 Å². The molecule has 1 aromatic carbocycles. The maximum atomic E-state index is 12.6. The molecular formula is C18H18BN4O6. The van der Waals surface area contributed by atoms with Gasteiger partial charge in [0.05, 0.1) is 0 Å². The zero-order valence-corrected chi connectivity index (χ0v) is 15.6. The number of nitrogens with two attached hydrogens (primary N) is 1. The molecule has 0 saturated carbocycles. The van der Waals surface area contributed by atoms with E-state index < -0.39 is 35.7 Å². The standard InChI is InChI=1S/C18H18BN4O6/c1-9(24)18(20)13-8-12(14(15(25)29-21-19)23(13)16(18)26)10-2-4-11(5-3-10)22-6-7-28-17(22)27/h2-5,9,13,24H,6-8,20H2,1H3/t9-,13-,18+/m1/s1. The van der Waals surface area contributed by atoms with E-state index in [9.17, 15) is 19.5 Å². The van der Waals surface area contributed by atoms with Crippen LogP contribution in [0.3, 0.4) is 0 Å². The second-order valence-electron chi connectivity index (χ2n) is 7.13. The summed E-state index contributed by atoms with van der Waals surface area (Å²) in [6, 6.07) is 6.28. The average Bonchev–Trinajstić information content (AvgIpc) is 3.29. The Morgan fingerprint density at radius 2 is 2.10 bits per heavy atom. The summed E-state index contributed by atoms with van der Waals surface area (Å²) in [5, 5.41) is 12.9. The molecule has 3 heterocycles. The molecule has 0 unspecified atom stereocenters. The predicted molar refractivity (Wildman–Crippen MR) is 100 cm³/mol. The molecule has 3 atom stereocenters. The van der Waals surface area contributed by atoms with E-state index in [0.717, 1.165) is 0 Å². The maximum absolute atomic E-state index is 12.6. The van der Waals surface area contributed by atoms with Gasteiger partial charge in [0, 0.05) is 0 Å². The molecule has 0 aromatic heterocycles. The van der Waals surface area contributed by atoms with E-state index in [0.29, 0.717) is 30.0 Å². The molecule has 2 fully saturated rings. The Kier molecular flexibility index (Phi) is 4.51. The third-order valence-electron chi connectivity index (χ3n) is 5.69. The van der Waals surface area contributed by atoms with Crippen LogP contribution in [0.1, 0.15) is 18.9 Å². The summed E-state index contributed by atoms with van der Waals surface area (Å²) in [5.41, 5.74) is 6.44. The monoisotopic (exact) mass is 397 g/mol. The van der Waals surface area contributed by atoms with Crippen molar-refractivity contribution in [3.8, 4) is 0 Å². The summed E-state index contributed by atoms with van der Waals surface area (Å²) in [7, 11) is 4.96. The zero-order valence-electron chi connectivity index (χ0n) is 15.6. The topological polar surface area (TPSA) is 135 Å². The summed E-state index contributed by atoms with van der Waals surface area (Å²) in [4.78, 5) is 44.1. The molecule has 2 saturated heterocycles. The number of hydrogen-bond donors (Lipinski definition) is 2. The Bertz CT molecular complexity index is 946.